The van der Waals surface area contributed by atoms with Gasteiger partial charge in [-0.1, -0.05) is 6.07 Å². The van der Waals surface area contributed by atoms with E-state index in [0.29, 0.717) is 13.1 Å². The maximum absolute atomic E-state index is 5.30. The molecular formula is C16H21BrIN3O2. The molecule has 0 amide bonds. The van der Waals surface area contributed by atoms with Crippen molar-refractivity contribution in [2.24, 2.45) is 4.99 Å². The van der Waals surface area contributed by atoms with E-state index >= 15 is 0 Å². The van der Waals surface area contributed by atoms with E-state index in [2.05, 4.69) is 31.6 Å². The van der Waals surface area contributed by atoms with Gasteiger partial charge < -0.3 is 19.8 Å². The van der Waals surface area contributed by atoms with Gasteiger partial charge in [0.15, 0.2) is 5.96 Å². The van der Waals surface area contributed by atoms with Crippen LogP contribution in [0.25, 0.3) is 0 Å². The standard InChI is InChI=1S/C16H20BrN3O2.HI/c1-3-18-16(20-11-13-5-4-8-22-13)19-10-12-6-7-15(21-2)14(17)9-12;/h4-9H,3,10-11H2,1-2H3,(H2,18,19,20);1H. The summed E-state index contributed by atoms with van der Waals surface area (Å²) in [6.45, 7) is 4.02. The first-order chi connectivity index (χ1) is 10.7. The maximum Gasteiger partial charge on any atom is 0.191 e. The molecule has 7 heteroatoms. The quantitative estimate of drug-likeness (QED) is 0.363. The first kappa shape index (κ1) is 19.8. The van der Waals surface area contributed by atoms with Crippen LogP contribution >= 0.6 is 39.9 Å². The molecule has 1 heterocycles. The van der Waals surface area contributed by atoms with Crippen LogP contribution in [0, 0.1) is 0 Å². The van der Waals surface area contributed by atoms with E-state index in [9.17, 15) is 0 Å². The van der Waals surface area contributed by atoms with E-state index in [1.54, 1.807) is 13.4 Å². The molecule has 1 aromatic heterocycles. The van der Waals surface area contributed by atoms with E-state index in [0.717, 1.165) is 34.1 Å². The van der Waals surface area contributed by atoms with Crippen LogP contribution in [0.2, 0.25) is 0 Å². The van der Waals surface area contributed by atoms with Gasteiger partial charge in [0.05, 0.1) is 30.9 Å². The summed E-state index contributed by atoms with van der Waals surface area (Å²) in [4.78, 5) is 4.57. The van der Waals surface area contributed by atoms with E-state index in [1.165, 1.54) is 0 Å². The van der Waals surface area contributed by atoms with Crippen molar-refractivity contribution in [1.82, 2.24) is 10.6 Å². The fourth-order valence-electron chi connectivity index (χ4n) is 1.90. The number of hydrogen-bond acceptors (Lipinski definition) is 3. The van der Waals surface area contributed by atoms with Crippen molar-refractivity contribution in [3.8, 4) is 5.75 Å². The van der Waals surface area contributed by atoms with Crippen molar-refractivity contribution in [1.29, 1.82) is 0 Å². The molecule has 0 bridgehead atoms. The summed E-state index contributed by atoms with van der Waals surface area (Å²) in [5.74, 6) is 2.44. The van der Waals surface area contributed by atoms with Crippen molar-refractivity contribution in [2.45, 2.75) is 20.0 Å². The highest BCUT2D eigenvalue weighted by atomic mass is 127. The molecule has 0 unspecified atom stereocenters. The zero-order valence-corrected chi connectivity index (χ0v) is 17.1. The number of hydrogen-bond donors (Lipinski definition) is 2. The van der Waals surface area contributed by atoms with Gasteiger partial charge in [-0.2, -0.15) is 0 Å². The summed E-state index contributed by atoms with van der Waals surface area (Å²) >= 11 is 3.48. The van der Waals surface area contributed by atoms with Gasteiger partial charge in [0.1, 0.15) is 11.5 Å². The van der Waals surface area contributed by atoms with Crippen LogP contribution in [-0.4, -0.2) is 19.6 Å². The summed E-state index contributed by atoms with van der Waals surface area (Å²) < 4.78 is 11.5. The summed E-state index contributed by atoms with van der Waals surface area (Å²) in [5.41, 5.74) is 1.10. The lowest BCUT2D eigenvalue weighted by Gasteiger charge is -2.10. The molecule has 0 saturated carbocycles. The molecule has 0 aliphatic rings. The number of nitrogens with zero attached hydrogens (tertiary/aromatic N) is 1. The Hall–Kier alpha value is -1.22. The largest absolute Gasteiger partial charge is 0.496 e. The minimum absolute atomic E-state index is 0. The SMILES string of the molecule is CCNC(=NCc1ccc(OC)c(Br)c1)NCc1ccco1.I. The van der Waals surface area contributed by atoms with Gasteiger partial charge in [-0.05, 0) is 52.7 Å². The van der Waals surface area contributed by atoms with Gasteiger partial charge in [-0.3, -0.25) is 0 Å². The Balaban J connectivity index is 0.00000264. The molecule has 0 spiro atoms. The highest BCUT2D eigenvalue weighted by molar-refractivity contribution is 14.0. The topological polar surface area (TPSA) is 58.8 Å². The lowest BCUT2D eigenvalue weighted by Crippen LogP contribution is -2.36. The fraction of sp³-hybridized carbons (Fsp3) is 0.312. The molecular weight excluding hydrogens is 473 g/mol. The zero-order valence-electron chi connectivity index (χ0n) is 13.1. The average Bonchev–Trinajstić information content (AvgIpc) is 3.03. The van der Waals surface area contributed by atoms with Crippen LogP contribution in [0.5, 0.6) is 5.75 Å². The third-order valence-corrected chi connectivity index (χ3v) is 3.61. The first-order valence-electron chi connectivity index (χ1n) is 7.10. The molecule has 2 aromatic rings. The van der Waals surface area contributed by atoms with Gasteiger partial charge in [0.2, 0.25) is 0 Å². The molecule has 0 radical (unpaired) electrons. The van der Waals surface area contributed by atoms with Gasteiger partial charge in [0, 0.05) is 6.54 Å². The molecule has 1 aromatic carbocycles. The predicted molar refractivity (Wildman–Crippen MR) is 106 cm³/mol. The number of halogens is 2. The maximum atomic E-state index is 5.30. The highest BCUT2D eigenvalue weighted by Gasteiger charge is 2.03. The summed E-state index contributed by atoms with van der Waals surface area (Å²) in [7, 11) is 1.65. The Kier molecular flexibility index (Phi) is 9.08. The second-order valence-corrected chi connectivity index (χ2v) is 5.45. The number of guanidine groups is 1. The number of benzene rings is 1. The molecule has 0 atom stereocenters. The molecule has 2 N–H and O–H groups in total. The number of nitrogens with one attached hydrogen (secondary N) is 2. The minimum Gasteiger partial charge on any atom is -0.496 e. The number of aliphatic imine (C=N–C) groups is 1. The third-order valence-electron chi connectivity index (χ3n) is 2.99. The van der Waals surface area contributed by atoms with Gasteiger partial charge >= 0.3 is 0 Å². The second-order valence-electron chi connectivity index (χ2n) is 4.60. The summed E-state index contributed by atoms with van der Waals surface area (Å²) in [6, 6.07) is 9.74. The highest BCUT2D eigenvalue weighted by Crippen LogP contribution is 2.25. The fourth-order valence-corrected chi connectivity index (χ4v) is 2.49. The van der Waals surface area contributed by atoms with Crippen LogP contribution in [0.1, 0.15) is 18.2 Å². The molecule has 126 valence electrons. The molecule has 2 rings (SSSR count). The predicted octanol–water partition coefficient (Wildman–Crippen LogP) is 3.92. The normalized spacial score (nSPS) is 10.8. The van der Waals surface area contributed by atoms with Crippen molar-refractivity contribution in [3.63, 3.8) is 0 Å². The van der Waals surface area contributed by atoms with E-state index < -0.39 is 0 Å². The number of ether oxygens (including phenoxy) is 1. The Labute approximate surface area is 162 Å². The summed E-state index contributed by atoms with van der Waals surface area (Å²) in [5, 5.41) is 6.45. The Bertz CT molecular complexity index is 618. The molecule has 23 heavy (non-hydrogen) atoms. The van der Waals surface area contributed by atoms with Crippen LogP contribution in [-0.2, 0) is 13.1 Å². The molecule has 0 fully saturated rings. The zero-order chi connectivity index (χ0) is 15.8. The second kappa shape index (κ2) is 10.5. The van der Waals surface area contributed by atoms with E-state index in [-0.39, 0.29) is 24.0 Å². The lowest BCUT2D eigenvalue weighted by atomic mass is 10.2. The van der Waals surface area contributed by atoms with Crippen molar-refractivity contribution >= 4 is 45.9 Å². The van der Waals surface area contributed by atoms with Crippen LogP contribution in [0.15, 0.2) is 50.5 Å². The van der Waals surface area contributed by atoms with Crippen molar-refractivity contribution in [3.05, 3.63) is 52.4 Å². The first-order valence-corrected chi connectivity index (χ1v) is 7.89. The van der Waals surface area contributed by atoms with Crippen LogP contribution in [0.4, 0.5) is 0 Å². The van der Waals surface area contributed by atoms with Gasteiger partial charge in [0.25, 0.3) is 0 Å². The molecule has 0 saturated heterocycles. The van der Waals surface area contributed by atoms with Gasteiger partial charge in [-0.25, -0.2) is 4.99 Å². The monoisotopic (exact) mass is 493 g/mol. The van der Waals surface area contributed by atoms with Crippen molar-refractivity contribution in [2.75, 3.05) is 13.7 Å². The van der Waals surface area contributed by atoms with E-state index in [1.807, 2.05) is 37.3 Å². The smallest absolute Gasteiger partial charge is 0.191 e. The number of rotatable bonds is 6. The number of methoxy groups -OCH3 is 1. The van der Waals surface area contributed by atoms with Gasteiger partial charge in [-0.15, -0.1) is 24.0 Å². The van der Waals surface area contributed by atoms with Crippen LogP contribution < -0.4 is 15.4 Å². The Morgan fingerprint density at radius 2 is 2.13 bits per heavy atom. The minimum atomic E-state index is 0. The molecule has 5 nitrogen and oxygen atoms in total. The third kappa shape index (κ3) is 6.42. The lowest BCUT2D eigenvalue weighted by molar-refractivity contribution is 0.412. The average molecular weight is 494 g/mol. The van der Waals surface area contributed by atoms with E-state index in [4.69, 9.17) is 9.15 Å². The van der Waals surface area contributed by atoms with Crippen LogP contribution in [0.3, 0.4) is 0 Å². The number of furan rings is 1. The van der Waals surface area contributed by atoms with Crippen molar-refractivity contribution < 1.29 is 9.15 Å². The molecule has 0 aliphatic heterocycles. The Morgan fingerprint density at radius 1 is 1.30 bits per heavy atom. The summed E-state index contributed by atoms with van der Waals surface area (Å²) in [6.07, 6.45) is 1.66. The Morgan fingerprint density at radius 3 is 2.74 bits per heavy atom. The molecule has 0 aliphatic carbocycles.